The van der Waals surface area contributed by atoms with Gasteiger partial charge >= 0.3 is 0 Å². The third kappa shape index (κ3) is 4.86. The van der Waals surface area contributed by atoms with Crippen LogP contribution in [0.15, 0.2) is 29.8 Å². The second-order valence-corrected chi connectivity index (χ2v) is 9.81. The van der Waals surface area contributed by atoms with Crippen molar-refractivity contribution in [2.24, 2.45) is 11.3 Å². The van der Waals surface area contributed by atoms with Crippen molar-refractivity contribution in [3.8, 4) is 10.4 Å². The molecule has 5 nitrogen and oxygen atoms in total. The first kappa shape index (κ1) is 21.5. The van der Waals surface area contributed by atoms with E-state index in [4.69, 9.17) is 0 Å². The SMILES string of the molecule is Cc1ncsc1-c1ccc(CNC(=O)[C@@H]2CCCN2C(=O)[C@@H](C)C(C)(C)C)cc1. The number of hydrogen-bond donors (Lipinski definition) is 1. The molecule has 1 aromatic heterocycles. The number of rotatable bonds is 5. The van der Waals surface area contributed by atoms with Gasteiger partial charge in [-0.3, -0.25) is 9.59 Å². The van der Waals surface area contributed by atoms with Crippen LogP contribution in [0.4, 0.5) is 0 Å². The van der Waals surface area contributed by atoms with Crippen molar-refractivity contribution in [3.05, 3.63) is 41.0 Å². The second-order valence-electron chi connectivity index (χ2n) is 8.96. The van der Waals surface area contributed by atoms with E-state index in [1.807, 2.05) is 31.5 Å². The number of aryl methyl sites for hydroxylation is 1. The van der Waals surface area contributed by atoms with Gasteiger partial charge in [-0.05, 0) is 36.3 Å². The van der Waals surface area contributed by atoms with Gasteiger partial charge in [-0.25, -0.2) is 4.98 Å². The molecule has 2 atom stereocenters. The molecule has 1 aromatic carbocycles. The average Bonchev–Trinajstić information content (AvgIpc) is 3.33. The molecule has 0 aliphatic carbocycles. The van der Waals surface area contributed by atoms with Crippen LogP contribution in [0.3, 0.4) is 0 Å². The lowest BCUT2D eigenvalue weighted by Gasteiger charge is -2.32. The van der Waals surface area contributed by atoms with E-state index in [9.17, 15) is 9.59 Å². The van der Waals surface area contributed by atoms with Crippen LogP contribution in [0.25, 0.3) is 10.4 Å². The van der Waals surface area contributed by atoms with E-state index in [-0.39, 0.29) is 29.2 Å². The van der Waals surface area contributed by atoms with Crippen LogP contribution in [-0.2, 0) is 16.1 Å². The van der Waals surface area contributed by atoms with Gasteiger partial charge in [-0.15, -0.1) is 11.3 Å². The first-order valence-electron chi connectivity index (χ1n) is 10.3. The van der Waals surface area contributed by atoms with Gasteiger partial charge in [0, 0.05) is 19.0 Å². The van der Waals surface area contributed by atoms with Crippen LogP contribution >= 0.6 is 11.3 Å². The van der Waals surface area contributed by atoms with E-state index in [0.717, 1.165) is 29.7 Å². The first-order valence-corrected chi connectivity index (χ1v) is 11.1. The largest absolute Gasteiger partial charge is 0.350 e. The Morgan fingerprint density at radius 2 is 1.97 bits per heavy atom. The maximum Gasteiger partial charge on any atom is 0.243 e. The summed E-state index contributed by atoms with van der Waals surface area (Å²) in [4.78, 5) is 32.9. The molecule has 0 unspecified atom stereocenters. The second kappa shape index (κ2) is 8.66. The topological polar surface area (TPSA) is 62.3 Å². The maximum atomic E-state index is 12.9. The number of carbonyl (C=O) groups excluding carboxylic acids is 2. The minimum atomic E-state index is -0.355. The Morgan fingerprint density at radius 1 is 1.28 bits per heavy atom. The molecular formula is C23H31N3O2S. The normalized spacial score (nSPS) is 18.0. The number of nitrogens with one attached hydrogen (secondary N) is 1. The molecule has 1 saturated heterocycles. The molecule has 0 bridgehead atoms. The van der Waals surface area contributed by atoms with Crippen LogP contribution in [0.5, 0.6) is 0 Å². The number of benzene rings is 1. The van der Waals surface area contributed by atoms with Gasteiger partial charge in [-0.1, -0.05) is 52.0 Å². The van der Waals surface area contributed by atoms with Gasteiger partial charge in [0.25, 0.3) is 0 Å². The maximum absolute atomic E-state index is 12.9. The molecule has 2 aromatic rings. The fourth-order valence-electron chi connectivity index (χ4n) is 3.58. The fraction of sp³-hybridized carbons (Fsp3) is 0.522. The summed E-state index contributed by atoms with van der Waals surface area (Å²) < 4.78 is 0. The van der Waals surface area contributed by atoms with E-state index in [1.54, 1.807) is 16.2 Å². The number of amides is 2. The molecule has 3 rings (SSSR count). The molecule has 1 fully saturated rings. The Hall–Kier alpha value is -2.21. The number of carbonyl (C=O) groups is 2. The summed E-state index contributed by atoms with van der Waals surface area (Å²) in [5.41, 5.74) is 4.96. The Bertz CT molecular complexity index is 867. The van der Waals surface area contributed by atoms with E-state index in [0.29, 0.717) is 13.1 Å². The highest BCUT2D eigenvalue weighted by molar-refractivity contribution is 7.13. The Kier molecular flexibility index (Phi) is 6.42. The molecular weight excluding hydrogens is 382 g/mol. The number of aromatic nitrogens is 1. The first-order chi connectivity index (χ1) is 13.7. The lowest BCUT2D eigenvalue weighted by molar-refractivity contribution is -0.143. The van der Waals surface area contributed by atoms with Crippen LogP contribution in [0.1, 0.15) is 51.8 Å². The van der Waals surface area contributed by atoms with Crippen molar-refractivity contribution in [1.82, 2.24) is 15.2 Å². The van der Waals surface area contributed by atoms with Gasteiger partial charge in [0.15, 0.2) is 0 Å². The molecule has 1 aliphatic heterocycles. The fourth-order valence-corrected chi connectivity index (χ4v) is 4.39. The van der Waals surface area contributed by atoms with Gasteiger partial charge in [0.05, 0.1) is 16.1 Å². The van der Waals surface area contributed by atoms with Crippen molar-refractivity contribution in [2.75, 3.05) is 6.54 Å². The Balaban J connectivity index is 1.60. The molecule has 0 radical (unpaired) electrons. The minimum absolute atomic E-state index is 0.0562. The molecule has 29 heavy (non-hydrogen) atoms. The smallest absolute Gasteiger partial charge is 0.243 e. The zero-order valence-electron chi connectivity index (χ0n) is 18.0. The standard InChI is InChI=1S/C23H31N3O2S/c1-15(23(3,4)5)22(28)26-12-6-7-19(26)21(27)24-13-17-8-10-18(11-9-17)20-16(2)25-14-29-20/h8-11,14-15,19H,6-7,12-13H2,1-5H3,(H,24,27)/t15-,19+/m1/s1. The van der Waals surface area contributed by atoms with Crippen LogP contribution < -0.4 is 5.32 Å². The highest BCUT2D eigenvalue weighted by atomic mass is 32.1. The average molecular weight is 414 g/mol. The third-order valence-corrected chi connectivity index (χ3v) is 6.91. The van der Waals surface area contributed by atoms with Crippen molar-refractivity contribution in [2.45, 2.75) is 60.0 Å². The molecule has 2 heterocycles. The van der Waals surface area contributed by atoms with Crippen molar-refractivity contribution in [3.63, 3.8) is 0 Å². The van der Waals surface area contributed by atoms with Crippen molar-refractivity contribution in [1.29, 1.82) is 0 Å². The summed E-state index contributed by atoms with van der Waals surface area (Å²) in [5, 5.41) is 3.03. The number of hydrogen-bond acceptors (Lipinski definition) is 4. The summed E-state index contributed by atoms with van der Waals surface area (Å²) in [5.74, 6) is -0.0857. The molecule has 1 N–H and O–H groups in total. The molecule has 0 spiro atoms. The lowest BCUT2D eigenvalue weighted by atomic mass is 9.81. The van der Waals surface area contributed by atoms with Gasteiger partial charge in [0.2, 0.25) is 11.8 Å². The van der Waals surface area contributed by atoms with E-state index in [2.05, 4.69) is 43.2 Å². The number of thiazole rings is 1. The quantitative estimate of drug-likeness (QED) is 0.790. The zero-order valence-corrected chi connectivity index (χ0v) is 18.8. The number of nitrogens with zero attached hydrogens (tertiary/aromatic N) is 2. The summed E-state index contributed by atoms with van der Waals surface area (Å²) in [6, 6.07) is 7.85. The molecule has 156 valence electrons. The molecule has 2 amide bonds. The lowest BCUT2D eigenvalue weighted by Crippen LogP contribution is -2.49. The summed E-state index contributed by atoms with van der Waals surface area (Å²) in [6.45, 7) is 11.3. The van der Waals surface area contributed by atoms with Gasteiger partial charge in [-0.2, -0.15) is 0 Å². The Morgan fingerprint density at radius 3 is 2.55 bits per heavy atom. The highest BCUT2D eigenvalue weighted by Gasteiger charge is 2.38. The molecule has 1 aliphatic rings. The van der Waals surface area contributed by atoms with E-state index >= 15 is 0 Å². The van der Waals surface area contributed by atoms with Crippen LogP contribution in [-0.4, -0.2) is 34.3 Å². The predicted octanol–water partition coefficient (Wildman–Crippen LogP) is 4.41. The summed E-state index contributed by atoms with van der Waals surface area (Å²) in [6.07, 6.45) is 1.61. The molecule has 6 heteroatoms. The number of likely N-dealkylation sites (tertiary alicyclic amines) is 1. The highest BCUT2D eigenvalue weighted by Crippen LogP contribution is 2.30. The minimum Gasteiger partial charge on any atom is -0.350 e. The molecule has 0 saturated carbocycles. The van der Waals surface area contributed by atoms with E-state index < -0.39 is 0 Å². The summed E-state index contributed by atoms with van der Waals surface area (Å²) in [7, 11) is 0. The van der Waals surface area contributed by atoms with Gasteiger partial charge < -0.3 is 10.2 Å². The van der Waals surface area contributed by atoms with Crippen molar-refractivity contribution < 1.29 is 9.59 Å². The Labute approximate surface area is 177 Å². The van der Waals surface area contributed by atoms with Crippen LogP contribution in [0.2, 0.25) is 0 Å². The zero-order chi connectivity index (χ0) is 21.2. The summed E-state index contributed by atoms with van der Waals surface area (Å²) >= 11 is 1.63. The third-order valence-electron chi connectivity index (χ3n) is 5.94. The van der Waals surface area contributed by atoms with E-state index in [1.165, 1.54) is 4.88 Å². The van der Waals surface area contributed by atoms with Crippen molar-refractivity contribution >= 4 is 23.2 Å². The van der Waals surface area contributed by atoms with Crippen LogP contribution in [0, 0.1) is 18.3 Å². The van der Waals surface area contributed by atoms with Gasteiger partial charge in [0.1, 0.15) is 6.04 Å². The predicted molar refractivity (Wildman–Crippen MR) is 117 cm³/mol. The monoisotopic (exact) mass is 413 g/mol.